The largest absolute Gasteiger partial charge is 0.497 e. The summed E-state index contributed by atoms with van der Waals surface area (Å²) < 4.78 is 10.8. The first-order chi connectivity index (χ1) is 18.3. The highest BCUT2D eigenvalue weighted by molar-refractivity contribution is 8.03. The Morgan fingerprint density at radius 1 is 1.05 bits per heavy atom. The van der Waals surface area contributed by atoms with Crippen molar-refractivity contribution in [2.24, 2.45) is 0 Å². The van der Waals surface area contributed by atoms with Gasteiger partial charge >= 0.3 is 0 Å². The second kappa shape index (κ2) is 11.8. The Hall–Kier alpha value is -4.42. The van der Waals surface area contributed by atoms with Crippen LogP contribution in [0.3, 0.4) is 0 Å². The molecular weight excluding hydrogens is 500 g/mol. The van der Waals surface area contributed by atoms with Crippen LogP contribution in [0.15, 0.2) is 87.1 Å². The van der Waals surface area contributed by atoms with Crippen molar-refractivity contribution in [2.75, 3.05) is 23.5 Å². The molecule has 38 heavy (non-hydrogen) atoms. The standard InChI is InChI=1S/C29H28N4O4S/c1-17-7-5-8-18(2)27(17)33-28(35)25-19(3)31-29(22(15-30)26(25)23-9-6-14-37-23)38-16-24(34)32-20-10-12-21(36-4)13-11-20/h5-14,26,31H,16H2,1-4H3,(H,32,34)(H,33,35)/t26-/m1/s1. The molecule has 1 aliphatic rings. The second-order valence-electron chi connectivity index (χ2n) is 8.75. The van der Waals surface area contributed by atoms with Crippen LogP contribution < -0.4 is 20.7 Å². The van der Waals surface area contributed by atoms with E-state index in [1.165, 1.54) is 18.0 Å². The number of amides is 2. The van der Waals surface area contributed by atoms with Gasteiger partial charge in [0.2, 0.25) is 5.91 Å². The molecule has 0 saturated heterocycles. The number of carbonyl (C=O) groups excluding carboxylic acids is 2. The Kier molecular flexibility index (Phi) is 8.24. The van der Waals surface area contributed by atoms with Gasteiger partial charge in [0.1, 0.15) is 11.5 Å². The average Bonchev–Trinajstić information content (AvgIpc) is 3.44. The summed E-state index contributed by atoms with van der Waals surface area (Å²) in [7, 11) is 1.58. The fraction of sp³-hybridized carbons (Fsp3) is 0.207. The molecule has 4 rings (SSSR count). The number of nitrogens with zero attached hydrogens (tertiary/aromatic N) is 1. The van der Waals surface area contributed by atoms with Gasteiger partial charge in [-0.05, 0) is 68.3 Å². The molecule has 3 aromatic rings. The van der Waals surface area contributed by atoms with E-state index in [-0.39, 0.29) is 17.6 Å². The molecule has 1 atom stereocenters. The smallest absolute Gasteiger partial charge is 0.254 e. The second-order valence-corrected chi connectivity index (χ2v) is 9.74. The third-order valence-electron chi connectivity index (χ3n) is 6.16. The van der Waals surface area contributed by atoms with Gasteiger partial charge in [0.05, 0.1) is 47.3 Å². The number of rotatable bonds is 8. The number of benzene rings is 2. The molecule has 0 radical (unpaired) electrons. The van der Waals surface area contributed by atoms with Crippen LogP contribution in [-0.4, -0.2) is 24.7 Å². The van der Waals surface area contributed by atoms with Gasteiger partial charge in [-0.15, -0.1) is 0 Å². The lowest BCUT2D eigenvalue weighted by Gasteiger charge is -2.28. The summed E-state index contributed by atoms with van der Waals surface area (Å²) in [4.78, 5) is 26.3. The maximum Gasteiger partial charge on any atom is 0.254 e. The van der Waals surface area contributed by atoms with Crippen molar-refractivity contribution in [3.63, 3.8) is 0 Å². The summed E-state index contributed by atoms with van der Waals surface area (Å²) in [5.41, 5.74) is 4.50. The minimum Gasteiger partial charge on any atom is -0.497 e. The number of hydrogen-bond donors (Lipinski definition) is 3. The van der Waals surface area contributed by atoms with Crippen molar-refractivity contribution in [1.29, 1.82) is 5.26 Å². The Labute approximate surface area is 225 Å². The van der Waals surface area contributed by atoms with E-state index in [4.69, 9.17) is 9.15 Å². The molecule has 3 N–H and O–H groups in total. The predicted molar refractivity (Wildman–Crippen MR) is 149 cm³/mol. The van der Waals surface area contributed by atoms with E-state index in [0.29, 0.717) is 39.1 Å². The molecule has 194 valence electrons. The zero-order valence-corrected chi connectivity index (χ0v) is 22.4. The summed E-state index contributed by atoms with van der Waals surface area (Å²) in [5, 5.41) is 19.7. The SMILES string of the molecule is COc1ccc(NC(=O)CSC2=C(C#N)[C@H](c3ccco3)C(C(=O)Nc3c(C)cccc3C)=C(C)N2)cc1. The monoisotopic (exact) mass is 528 g/mol. The van der Waals surface area contributed by atoms with Crippen molar-refractivity contribution >= 4 is 35.0 Å². The van der Waals surface area contributed by atoms with Gasteiger partial charge in [-0.25, -0.2) is 0 Å². The number of para-hydroxylation sites is 1. The quantitative estimate of drug-likeness (QED) is 0.348. The lowest BCUT2D eigenvalue weighted by molar-refractivity contribution is -0.114. The number of anilines is 2. The number of methoxy groups -OCH3 is 1. The van der Waals surface area contributed by atoms with Crippen molar-refractivity contribution in [3.05, 3.63) is 99.6 Å². The molecule has 9 heteroatoms. The topological polar surface area (TPSA) is 116 Å². The number of hydrogen-bond acceptors (Lipinski definition) is 7. The molecule has 2 aromatic carbocycles. The molecule has 2 heterocycles. The zero-order chi connectivity index (χ0) is 27.2. The highest BCUT2D eigenvalue weighted by Gasteiger charge is 2.36. The van der Waals surface area contributed by atoms with Crippen LogP contribution in [0.2, 0.25) is 0 Å². The normalized spacial score (nSPS) is 15.0. The van der Waals surface area contributed by atoms with Gasteiger partial charge in [0, 0.05) is 17.1 Å². The van der Waals surface area contributed by atoms with E-state index >= 15 is 0 Å². The van der Waals surface area contributed by atoms with E-state index in [1.54, 1.807) is 50.4 Å². The van der Waals surface area contributed by atoms with Crippen molar-refractivity contribution in [3.8, 4) is 11.8 Å². The lowest BCUT2D eigenvalue weighted by atomic mass is 9.85. The zero-order valence-electron chi connectivity index (χ0n) is 21.5. The molecule has 1 aromatic heterocycles. The lowest BCUT2D eigenvalue weighted by Crippen LogP contribution is -2.31. The first-order valence-electron chi connectivity index (χ1n) is 11.9. The molecule has 0 aliphatic carbocycles. The molecule has 0 unspecified atom stereocenters. The number of furan rings is 1. The van der Waals surface area contributed by atoms with Crippen LogP contribution in [0, 0.1) is 25.2 Å². The van der Waals surface area contributed by atoms with E-state index in [9.17, 15) is 14.9 Å². The summed E-state index contributed by atoms with van der Waals surface area (Å²) in [5.74, 6) is -0.0788. The van der Waals surface area contributed by atoms with E-state index in [2.05, 4.69) is 22.0 Å². The number of ether oxygens (including phenoxy) is 1. The van der Waals surface area contributed by atoms with Crippen LogP contribution in [0.4, 0.5) is 11.4 Å². The highest BCUT2D eigenvalue weighted by Crippen LogP contribution is 2.41. The summed E-state index contributed by atoms with van der Waals surface area (Å²) in [6, 6.07) is 18.5. The van der Waals surface area contributed by atoms with Crippen molar-refractivity contribution < 1.29 is 18.7 Å². The summed E-state index contributed by atoms with van der Waals surface area (Å²) in [6.07, 6.45) is 1.51. The fourth-order valence-electron chi connectivity index (χ4n) is 4.27. The number of dihydropyridines is 1. The number of carbonyl (C=O) groups is 2. The van der Waals surface area contributed by atoms with Crippen molar-refractivity contribution in [2.45, 2.75) is 26.7 Å². The van der Waals surface area contributed by atoms with Crippen LogP contribution in [0.1, 0.15) is 29.7 Å². The molecule has 8 nitrogen and oxygen atoms in total. The first-order valence-corrected chi connectivity index (χ1v) is 12.9. The summed E-state index contributed by atoms with van der Waals surface area (Å²) in [6.45, 7) is 5.64. The van der Waals surface area contributed by atoms with Gasteiger partial charge in [0.25, 0.3) is 5.91 Å². The predicted octanol–water partition coefficient (Wildman–Crippen LogP) is 5.61. The van der Waals surface area contributed by atoms with Crippen LogP contribution in [0.25, 0.3) is 0 Å². The highest BCUT2D eigenvalue weighted by atomic mass is 32.2. The van der Waals surface area contributed by atoms with Gasteiger partial charge in [-0.3, -0.25) is 9.59 Å². The summed E-state index contributed by atoms with van der Waals surface area (Å²) >= 11 is 1.19. The molecule has 0 bridgehead atoms. The molecule has 1 aliphatic heterocycles. The third kappa shape index (κ3) is 5.76. The molecular formula is C29H28N4O4S. The molecule has 0 saturated carbocycles. The number of nitriles is 1. The Balaban J connectivity index is 1.58. The van der Waals surface area contributed by atoms with Gasteiger partial charge in [-0.2, -0.15) is 5.26 Å². The minimum absolute atomic E-state index is 0.0572. The molecule has 0 fully saturated rings. The van der Waals surface area contributed by atoms with Gasteiger partial charge < -0.3 is 25.1 Å². The average molecular weight is 529 g/mol. The minimum atomic E-state index is -0.729. The number of aryl methyl sites for hydroxylation is 2. The Morgan fingerprint density at radius 2 is 1.76 bits per heavy atom. The van der Waals surface area contributed by atoms with Crippen molar-refractivity contribution in [1.82, 2.24) is 5.32 Å². The van der Waals surface area contributed by atoms with Crippen LogP contribution in [0.5, 0.6) is 5.75 Å². The number of thioether (sulfide) groups is 1. The van der Waals surface area contributed by atoms with Crippen LogP contribution >= 0.6 is 11.8 Å². The van der Waals surface area contributed by atoms with Crippen LogP contribution in [-0.2, 0) is 9.59 Å². The Bertz CT molecular complexity index is 1430. The molecule has 0 spiro atoms. The maximum atomic E-state index is 13.6. The number of nitrogens with one attached hydrogen (secondary N) is 3. The maximum absolute atomic E-state index is 13.6. The molecule has 2 amide bonds. The van der Waals surface area contributed by atoms with Gasteiger partial charge in [-0.1, -0.05) is 30.0 Å². The van der Waals surface area contributed by atoms with Gasteiger partial charge in [0.15, 0.2) is 0 Å². The van der Waals surface area contributed by atoms with E-state index < -0.39 is 5.92 Å². The third-order valence-corrected chi connectivity index (χ3v) is 7.18. The van der Waals surface area contributed by atoms with E-state index in [1.807, 2.05) is 32.0 Å². The fourth-order valence-corrected chi connectivity index (χ4v) is 5.16. The first kappa shape index (κ1) is 26.6. The van der Waals surface area contributed by atoms with E-state index in [0.717, 1.165) is 16.8 Å². The number of allylic oxidation sites excluding steroid dienone is 2. The Morgan fingerprint density at radius 3 is 2.37 bits per heavy atom.